The minimum absolute atomic E-state index is 0.0399. The highest BCUT2D eigenvalue weighted by Gasteiger charge is 2.33. The summed E-state index contributed by atoms with van der Waals surface area (Å²) in [4.78, 5) is 41.4. The van der Waals surface area contributed by atoms with Gasteiger partial charge in [0.1, 0.15) is 6.04 Å². The zero-order valence-electron chi connectivity index (χ0n) is 21.9. The maximum atomic E-state index is 13.7. The van der Waals surface area contributed by atoms with E-state index in [9.17, 15) is 14.4 Å². The van der Waals surface area contributed by atoms with E-state index in [1.165, 1.54) is 17.2 Å². The van der Waals surface area contributed by atoms with Crippen LogP contribution in [0.1, 0.15) is 66.8 Å². The van der Waals surface area contributed by atoms with E-state index in [1.54, 1.807) is 6.07 Å². The lowest BCUT2D eigenvalue weighted by Gasteiger charge is -2.32. The Bertz CT molecular complexity index is 1190. The number of ether oxygens (including phenoxy) is 1. The molecule has 0 saturated carbocycles. The number of carbonyl (C=O) groups excluding carboxylic acids is 3. The van der Waals surface area contributed by atoms with Gasteiger partial charge in [0.15, 0.2) is 5.76 Å². The van der Waals surface area contributed by atoms with Gasteiger partial charge in [0.2, 0.25) is 11.8 Å². The van der Waals surface area contributed by atoms with Crippen LogP contribution in [-0.2, 0) is 14.3 Å². The molecule has 3 unspecified atom stereocenters. The summed E-state index contributed by atoms with van der Waals surface area (Å²) in [5.41, 5.74) is 2.37. The topological polar surface area (TPSA) is 101 Å². The van der Waals surface area contributed by atoms with Crippen molar-refractivity contribution in [2.24, 2.45) is 0 Å². The first-order valence-electron chi connectivity index (χ1n) is 13.2. The van der Waals surface area contributed by atoms with Crippen molar-refractivity contribution in [2.45, 2.75) is 51.2 Å². The van der Waals surface area contributed by atoms with Crippen LogP contribution in [0.3, 0.4) is 0 Å². The molecule has 2 aromatic carbocycles. The number of hydrogen-bond donors (Lipinski definition) is 2. The number of rotatable bonds is 11. The molecule has 4 rings (SSSR count). The fourth-order valence-corrected chi connectivity index (χ4v) is 4.54. The van der Waals surface area contributed by atoms with E-state index in [-0.39, 0.29) is 24.3 Å². The predicted molar refractivity (Wildman–Crippen MR) is 145 cm³/mol. The van der Waals surface area contributed by atoms with Crippen LogP contribution in [0.25, 0.3) is 0 Å². The van der Waals surface area contributed by atoms with Crippen LogP contribution in [-0.4, -0.2) is 43.5 Å². The molecule has 0 spiro atoms. The molecule has 3 aromatic rings. The molecule has 8 heteroatoms. The third-order valence-electron chi connectivity index (χ3n) is 6.92. The van der Waals surface area contributed by atoms with E-state index < -0.39 is 17.9 Å². The molecule has 1 saturated heterocycles. The molecule has 1 aromatic heterocycles. The van der Waals surface area contributed by atoms with E-state index in [0.29, 0.717) is 30.3 Å². The normalized spacial score (nSPS) is 16.4. The number of anilines is 1. The molecule has 3 amide bonds. The van der Waals surface area contributed by atoms with Gasteiger partial charge in [-0.25, -0.2) is 0 Å². The Morgan fingerprint density at radius 2 is 1.74 bits per heavy atom. The van der Waals surface area contributed by atoms with E-state index >= 15 is 0 Å². The molecule has 8 nitrogen and oxygen atoms in total. The van der Waals surface area contributed by atoms with E-state index in [4.69, 9.17) is 9.15 Å². The van der Waals surface area contributed by atoms with Gasteiger partial charge in [-0.05, 0) is 60.6 Å². The lowest BCUT2D eigenvalue weighted by molar-refractivity contribution is -0.126. The molecule has 38 heavy (non-hydrogen) atoms. The summed E-state index contributed by atoms with van der Waals surface area (Å²) in [5, 5.41) is 5.61. The molecular weight excluding hydrogens is 482 g/mol. The largest absolute Gasteiger partial charge is 0.459 e. The summed E-state index contributed by atoms with van der Waals surface area (Å²) >= 11 is 0. The Morgan fingerprint density at radius 1 is 0.974 bits per heavy atom. The first kappa shape index (κ1) is 27.1. The summed E-state index contributed by atoms with van der Waals surface area (Å²) in [6, 6.07) is 19.1. The summed E-state index contributed by atoms with van der Waals surface area (Å²) in [7, 11) is 0. The molecular formula is C30H35N3O5. The van der Waals surface area contributed by atoms with E-state index in [0.717, 1.165) is 24.8 Å². The van der Waals surface area contributed by atoms with E-state index in [2.05, 4.69) is 24.5 Å². The van der Waals surface area contributed by atoms with Gasteiger partial charge in [0.25, 0.3) is 5.91 Å². The number of amides is 3. The van der Waals surface area contributed by atoms with Crippen LogP contribution in [0.2, 0.25) is 0 Å². The van der Waals surface area contributed by atoms with Gasteiger partial charge in [0.05, 0.1) is 18.9 Å². The number of benzene rings is 2. The zero-order chi connectivity index (χ0) is 26.9. The number of nitrogens with zero attached hydrogens (tertiary/aromatic N) is 1. The maximum Gasteiger partial charge on any atom is 0.287 e. The molecule has 2 N–H and O–H groups in total. The smallest absolute Gasteiger partial charge is 0.287 e. The van der Waals surface area contributed by atoms with Gasteiger partial charge in [-0.3, -0.25) is 19.3 Å². The maximum absolute atomic E-state index is 13.7. The van der Waals surface area contributed by atoms with Crippen LogP contribution in [0.15, 0.2) is 77.4 Å². The Kier molecular flexibility index (Phi) is 9.32. The summed E-state index contributed by atoms with van der Waals surface area (Å²) in [5.74, 6) is -0.781. The highest BCUT2D eigenvalue weighted by atomic mass is 16.5. The minimum atomic E-state index is -0.944. The third-order valence-corrected chi connectivity index (χ3v) is 6.92. The van der Waals surface area contributed by atoms with Gasteiger partial charge in [-0.2, -0.15) is 0 Å². The molecule has 0 bridgehead atoms. The highest BCUT2D eigenvalue weighted by molar-refractivity contribution is 6.04. The summed E-state index contributed by atoms with van der Waals surface area (Å²) < 4.78 is 10.8. The molecule has 3 atom stereocenters. The van der Waals surface area contributed by atoms with Gasteiger partial charge < -0.3 is 19.8 Å². The Balaban J connectivity index is 1.65. The molecule has 1 fully saturated rings. The molecule has 1 aliphatic rings. The average molecular weight is 518 g/mol. The van der Waals surface area contributed by atoms with Crippen LogP contribution in [0, 0.1) is 0 Å². The number of hydrogen-bond acceptors (Lipinski definition) is 5. The van der Waals surface area contributed by atoms with Crippen molar-refractivity contribution in [3.8, 4) is 0 Å². The fraction of sp³-hybridized carbons (Fsp3) is 0.367. The Labute approximate surface area is 223 Å². The van der Waals surface area contributed by atoms with Crippen molar-refractivity contribution in [1.29, 1.82) is 0 Å². The van der Waals surface area contributed by atoms with Crippen molar-refractivity contribution in [2.75, 3.05) is 24.6 Å². The predicted octanol–water partition coefficient (Wildman–Crippen LogP) is 4.59. The van der Waals surface area contributed by atoms with Gasteiger partial charge in [0, 0.05) is 18.8 Å². The number of furan rings is 1. The van der Waals surface area contributed by atoms with Crippen molar-refractivity contribution >= 4 is 23.4 Å². The molecule has 2 heterocycles. The summed E-state index contributed by atoms with van der Waals surface area (Å²) in [6.07, 6.45) is 4.19. The van der Waals surface area contributed by atoms with E-state index in [1.807, 2.05) is 54.6 Å². The number of nitrogens with one attached hydrogen (secondary N) is 2. The molecule has 0 aliphatic carbocycles. The second kappa shape index (κ2) is 13.1. The van der Waals surface area contributed by atoms with Gasteiger partial charge in [-0.15, -0.1) is 0 Å². The lowest BCUT2D eigenvalue weighted by atomic mass is 9.97. The lowest BCUT2D eigenvalue weighted by Crippen LogP contribution is -2.48. The summed E-state index contributed by atoms with van der Waals surface area (Å²) in [6.45, 7) is 5.01. The molecule has 1 aliphatic heterocycles. The third kappa shape index (κ3) is 6.69. The molecule has 0 radical (unpaired) electrons. The van der Waals surface area contributed by atoms with Crippen LogP contribution in [0.4, 0.5) is 5.69 Å². The monoisotopic (exact) mass is 517 g/mol. The van der Waals surface area contributed by atoms with Crippen molar-refractivity contribution in [1.82, 2.24) is 10.6 Å². The highest BCUT2D eigenvalue weighted by Crippen LogP contribution is 2.30. The Morgan fingerprint density at radius 3 is 2.37 bits per heavy atom. The van der Waals surface area contributed by atoms with Crippen LogP contribution >= 0.6 is 0 Å². The first-order chi connectivity index (χ1) is 18.5. The van der Waals surface area contributed by atoms with Crippen LogP contribution < -0.4 is 15.5 Å². The number of carbonyl (C=O) groups is 3. The Hall–Kier alpha value is -3.91. The zero-order valence-corrected chi connectivity index (χ0v) is 21.9. The van der Waals surface area contributed by atoms with Crippen LogP contribution in [0.5, 0.6) is 0 Å². The van der Waals surface area contributed by atoms with Crippen molar-refractivity contribution in [3.63, 3.8) is 0 Å². The second-order valence-corrected chi connectivity index (χ2v) is 9.52. The van der Waals surface area contributed by atoms with Gasteiger partial charge >= 0.3 is 0 Å². The second-order valence-electron chi connectivity index (χ2n) is 9.52. The first-order valence-corrected chi connectivity index (χ1v) is 13.2. The average Bonchev–Trinajstić information content (AvgIpc) is 3.68. The standard InChI is InChI=1S/C30H35N3O5/c1-3-21(2)22-13-15-24(16-14-22)33(27(34)20-32-29(35)26-12-8-18-38-26)28(23-9-5-4-6-10-23)30(36)31-19-25-11-7-17-37-25/h4-6,8-10,12-16,18,21,25,28H,3,7,11,17,19-20H2,1-2H3,(H,31,36)(H,32,35). The minimum Gasteiger partial charge on any atom is -0.459 e. The fourth-order valence-electron chi connectivity index (χ4n) is 4.54. The van der Waals surface area contributed by atoms with Crippen molar-refractivity contribution < 1.29 is 23.5 Å². The van der Waals surface area contributed by atoms with Gasteiger partial charge in [-0.1, -0.05) is 56.3 Å². The van der Waals surface area contributed by atoms with Crippen molar-refractivity contribution in [3.05, 3.63) is 89.9 Å². The molecule has 200 valence electrons. The SMILES string of the molecule is CCC(C)c1ccc(N(C(=O)CNC(=O)c2ccco2)C(C(=O)NCC2CCCO2)c2ccccc2)cc1. The quantitative estimate of drug-likeness (QED) is 0.387.